The number of piperazine rings is 1. The molecular formula is C21H30N4OS. The zero-order chi connectivity index (χ0) is 19.1. The molecule has 1 fully saturated rings. The summed E-state index contributed by atoms with van der Waals surface area (Å²) in [6, 6.07) is 12.2. The lowest BCUT2D eigenvalue weighted by Gasteiger charge is -2.33. The van der Waals surface area contributed by atoms with Crippen molar-refractivity contribution in [2.24, 2.45) is 0 Å². The molecule has 27 heavy (non-hydrogen) atoms. The van der Waals surface area contributed by atoms with Crippen LogP contribution in [0.25, 0.3) is 0 Å². The first kappa shape index (κ1) is 19.9. The molecule has 1 aliphatic rings. The Kier molecular flexibility index (Phi) is 7.26. The van der Waals surface area contributed by atoms with Crippen LogP contribution < -0.4 is 5.32 Å². The van der Waals surface area contributed by atoms with Crippen LogP contribution in [0.3, 0.4) is 0 Å². The second-order valence-electron chi connectivity index (χ2n) is 7.30. The van der Waals surface area contributed by atoms with Crippen LogP contribution in [0, 0.1) is 6.92 Å². The number of likely N-dealkylation sites (N-methyl/N-ethyl adjacent to an activating group) is 1. The lowest BCUT2D eigenvalue weighted by Crippen LogP contribution is -2.45. The topological polar surface area (TPSA) is 34.9 Å². The smallest absolute Gasteiger partial charge is 0.173 e. The van der Waals surface area contributed by atoms with E-state index in [9.17, 15) is 0 Å². The fourth-order valence-electron chi connectivity index (χ4n) is 3.24. The zero-order valence-corrected chi connectivity index (χ0v) is 17.2. The van der Waals surface area contributed by atoms with Gasteiger partial charge in [0.2, 0.25) is 0 Å². The molecule has 0 amide bonds. The average Bonchev–Trinajstić information content (AvgIpc) is 3.17. The van der Waals surface area contributed by atoms with Crippen LogP contribution >= 0.6 is 12.2 Å². The highest BCUT2D eigenvalue weighted by Gasteiger charge is 2.16. The maximum absolute atomic E-state index is 5.70. The number of aryl methyl sites for hydroxylation is 1. The average molecular weight is 387 g/mol. The highest BCUT2D eigenvalue weighted by Crippen LogP contribution is 2.13. The summed E-state index contributed by atoms with van der Waals surface area (Å²) in [4.78, 5) is 7.13. The van der Waals surface area contributed by atoms with Crippen molar-refractivity contribution in [3.8, 4) is 0 Å². The minimum absolute atomic E-state index is 0.688. The monoisotopic (exact) mass is 386 g/mol. The molecular weight excluding hydrogens is 356 g/mol. The van der Waals surface area contributed by atoms with Gasteiger partial charge in [0, 0.05) is 38.4 Å². The highest BCUT2D eigenvalue weighted by atomic mass is 32.1. The molecule has 1 aromatic carbocycles. The Hall–Kier alpha value is -1.89. The summed E-state index contributed by atoms with van der Waals surface area (Å²) >= 11 is 5.70. The van der Waals surface area contributed by atoms with Gasteiger partial charge in [-0.15, -0.1) is 0 Å². The van der Waals surface area contributed by atoms with Gasteiger partial charge < -0.3 is 24.4 Å². The molecule has 0 bridgehead atoms. The standard InChI is InChI=1S/C21H30N4OS/c1-18-6-8-19(9-7-18)22-21(27)25(17-20-5-3-16-26-20)11-4-10-24-14-12-23(2)13-15-24/h3,5-9,16H,4,10-15,17H2,1-2H3,(H,22,27). The van der Waals surface area contributed by atoms with E-state index in [-0.39, 0.29) is 0 Å². The number of benzene rings is 1. The minimum Gasteiger partial charge on any atom is -0.467 e. The number of furan rings is 1. The molecule has 6 heteroatoms. The molecule has 5 nitrogen and oxygen atoms in total. The predicted octanol–water partition coefficient (Wildman–Crippen LogP) is 3.42. The highest BCUT2D eigenvalue weighted by molar-refractivity contribution is 7.80. The third kappa shape index (κ3) is 6.34. The van der Waals surface area contributed by atoms with Crippen molar-refractivity contribution in [1.82, 2.24) is 14.7 Å². The van der Waals surface area contributed by atoms with Crippen LogP contribution in [0.15, 0.2) is 47.1 Å². The Morgan fingerprint density at radius 3 is 2.56 bits per heavy atom. The van der Waals surface area contributed by atoms with Gasteiger partial charge in [0.05, 0.1) is 12.8 Å². The number of nitrogens with one attached hydrogen (secondary N) is 1. The van der Waals surface area contributed by atoms with Gasteiger partial charge in [0.25, 0.3) is 0 Å². The summed E-state index contributed by atoms with van der Waals surface area (Å²) in [5, 5.41) is 4.12. The number of thiocarbonyl (C=S) groups is 1. The first-order valence-corrected chi connectivity index (χ1v) is 10.1. The van der Waals surface area contributed by atoms with Crippen molar-refractivity contribution in [2.75, 3.05) is 51.6 Å². The summed E-state index contributed by atoms with van der Waals surface area (Å²) in [7, 11) is 2.19. The lowest BCUT2D eigenvalue weighted by atomic mass is 10.2. The number of rotatable bonds is 7. The van der Waals surface area contributed by atoms with Gasteiger partial charge in [0.1, 0.15) is 5.76 Å². The van der Waals surface area contributed by atoms with Crippen LogP contribution in [-0.4, -0.2) is 66.1 Å². The fraction of sp³-hybridized carbons (Fsp3) is 0.476. The first-order valence-electron chi connectivity index (χ1n) is 9.66. The van der Waals surface area contributed by atoms with E-state index in [1.807, 2.05) is 12.1 Å². The van der Waals surface area contributed by atoms with E-state index in [0.717, 1.165) is 62.2 Å². The molecule has 1 N–H and O–H groups in total. The van der Waals surface area contributed by atoms with Crippen LogP contribution in [0.5, 0.6) is 0 Å². The van der Waals surface area contributed by atoms with Crippen molar-refractivity contribution in [3.63, 3.8) is 0 Å². The summed E-state index contributed by atoms with van der Waals surface area (Å²) in [5.74, 6) is 0.933. The Bertz CT molecular complexity index is 693. The van der Waals surface area contributed by atoms with Gasteiger partial charge in [-0.3, -0.25) is 0 Å². The van der Waals surface area contributed by atoms with Crippen molar-refractivity contribution in [1.29, 1.82) is 0 Å². The van der Waals surface area contributed by atoms with E-state index in [2.05, 4.69) is 58.3 Å². The van der Waals surface area contributed by atoms with E-state index in [0.29, 0.717) is 6.54 Å². The molecule has 1 saturated heterocycles. The molecule has 146 valence electrons. The second-order valence-corrected chi connectivity index (χ2v) is 7.68. The van der Waals surface area contributed by atoms with Gasteiger partial charge in [-0.1, -0.05) is 17.7 Å². The fourth-order valence-corrected chi connectivity index (χ4v) is 3.51. The molecule has 0 unspecified atom stereocenters. The van der Waals surface area contributed by atoms with Crippen molar-refractivity contribution >= 4 is 23.0 Å². The van der Waals surface area contributed by atoms with Gasteiger partial charge in [0.15, 0.2) is 5.11 Å². The van der Waals surface area contributed by atoms with Crippen LogP contribution in [0.2, 0.25) is 0 Å². The van der Waals surface area contributed by atoms with Crippen LogP contribution in [0.4, 0.5) is 5.69 Å². The Morgan fingerprint density at radius 2 is 1.89 bits per heavy atom. The molecule has 0 saturated carbocycles. The van der Waals surface area contributed by atoms with E-state index in [1.54, 1.807) is 6.26 Å². The molecule has 3 rings (SSSR count). The molecule has 0 radical (unpaired) electrons. The Balaban J connectivity index is 1.54. The van der Waals surface area contributed by atoms with Crippen molar-refractivity contribution < 1.29 is 4.42 Å². The van der Waals surface area contributed by atoms with Gasteiger partial charge in [-0.05, 0) is 63.4 Å². The number of hydrogen-bond acceptors (Lipinski definition) is 4. The number of hydrogen-bond donors (Lipinski definition) is 1. The van der Waals surface area contributed by atoms with E-state index >= 15 is 0 Å². The molecule has 0 spiro atoms. The predicted molar refractivity (Wildman–Crippen MR) is 115 cm³/mol. The Morgan fingerprint density at radius 1 is 1.15 bits per heavy atom. The third-order valence-electron chi connectivity index (χ3n) is 5.02. The zero-order valence-electron chi connectivity index (χ0n) is 16.4. The molecule has 1 aliphatic heterocycles. The van der Waals surface area contributed by atoms with Gasteiger partial charge >= 0.3 is 0 Å². The largest absolute Gasteiger partial charge is 0.467 e. The maximum Gasteiger partial charge on any atom is 0.173 e. The summed E-state index contributed by atoms with van der Waals surface area (Å²) in [5.41, 5.74) is 2.26. The molecule has 0 atom stereocenters. The molecule has 2 heterocycles. The second kappa shape index (κ2) is 9.88. The third-order valence-corrected chi connectivity index (χ3v) is 5.38. The van der Waals surface area contributed by atoms with E-state index in [1.165, 1.54) is 5.56 Å². The van der Waals surface area contributed by atoms with Gasteiger partial charge in [-0.25, -0.2) is 0 Å². The van der Waals surface area contributed by atoms with Crippen molar-refractivity contribution in [2.45, 2.75) is 19.9 Å². The Labute approximate surface area is 167 Å². The number of anilines is 1. The van der Waals surface area contributed by atoms with Crippen LogP contribution in [-0.2, 0) is 6.54 Å². The lowest BCUT2D eigenvalue weighted by molar-refractivity contribution is 0.149. The van der Waals surface area contributed by atoms with Gasteiger partial charge in [-0.2, -0.15) is 0 Å². The van der Waals surface area contributed by atoms with Crippen molar-refractivity contribution in [3.05, 3.63) is 54.0 Å². The summed E-state index contributed by atoms with van der Waals surface area (Å²) in [6.07, 6.45) is 2.80. The molecule has 1 aromatic heterocycles. The quantitative estimate of drug-likeness (QED) is 0.735. The summed E-state index contributed by atoms with van der Waals surface area (Å²) < 4.78 is 5.54. The normalized spacial score (nSPS) is 15.6. The van der Waals surface area contributed by atoms with Crippen LogP contribution in [0.1, 0.15) is 17.7 Å². The van der Waals surface area contributed by atoms with E-state index in [4.69, 9.17) is 16.6 Å². The summed E-state index contributed by atoms with van der Waals surface area (Å²) in [6.45, 7) is 9.41. The SMILES string of the molecule is Cc1ccc(NC(=S)N(CCCN2CCN(C)CC2)Cc2ccco2)cc1. The molecule has 0 aliphatic carbocycles. The maximum atomic E-state index is 5.70. The minimum atomic E-state index is 0.688. The number of nitrogens with zero attached hydrogens (tertiary/aromatic N) is 3. The van der Waals surface area contributed by atoms with E-state index < -0.39 is 0 Å². The molecule has 2 aromatic rings. The first-order chi connectivity index (χ1) is 13.1.